The Hall–Kier alpha value is -2.50. The number of benzene rings is 1. The normalized spacial score (nSPS) is 11.9. The van der Waals surface area contributed by atoms with E-state index in [2.05, 4.69) is 4.74 Å². The highest BCUT2D eigenvalue weighted by atomic mass is 16.6. The summed E-state index contributed by atoms with van der Waals surface area (Å²) >= 11 is 0. The summed E-state index contributed by atoms with van der Waals surface area (Å²) in [6.07, 6.45) is 1.50. The van der Waals surface area contributed by atoms with Gasteiger partial charge in [-0.1, -0.05) is 12.1 Å². The average molecular weight is 280 g/mol. The van der Waals surface area contributed by atoms with Gasteiger partial charge in [-0.25, -0.2) is 9.59 Å². The Morgan fingerprint density at radius 2 is 2.00 bits per heavy atom. The van der Waals surface area contributed by atoms with Crippen molar-refractivity contribution < 1.29 is 28.9 Å². The number of carboxylic acid groups (broad SMARTS) is 1. The molecule has 1 aromatic carbocycles. The molecule has 0 heterocycles. The summed E-state index contributed by atoms with van der Waals surface area (Å²) in [7, 11) is 2.71. The van der Waals surface area contributed by atoms with E-state index >= 15 is 0 Å². The third-order valence-corrected chi connectivity index (χ3v) is 2.46. The Morgan fingerprint density at radius 1 is 1.30 bits per heavy atom. The van der Waals surface area contributed by atoms with E-state index in [-0.39, 0.29) is 5.75 Å². The number of ether oxygens (including phenoxy) is 3. The minimum atomic E-state index is -1.08. The molecule has 0 spiro atoms. The summed E-state index contributed by atoms with van der Waals surface area (Å²) in [5.41, 5.74) is 0.488. The summed E-state index contributed by atoms with van der Waals surface area (Å²) in [6.45, 7) is 1.53. The second-order valence-electron chi connectivity index (χ2n) is 3.83. The zero-order valence-electron chi connectivity index (χ0n) is 11.5. The quantitative estimate of drug-likeness (QED) is 0.631. The SMILES string of the molecule is COC(=O)C(C)Oc1c(C=CC(=O)O)cccc1OC. The van der Waals surface area contributed by atoms with Gasteiger partial charge in [0.25, 0.3) is 0 Å². The molecule has 1 aromatic rings. The molecule has 20 heavy (non-hydrogen) atoms. The van der Waals surface area contributed by atoms with Gasteiger partial charge in [-0.15, -0.1) is 0 Å². The van der Waals surface area contributed by atoms with Gasteiger partial charge in [0.05, 0.1) is 14.2 Å². The number of carbonyl (C=O) groups excluding carboxylic acids is 1. The summed E-state index contributed by atoms with van der Waals surface area (Å²) in [4.78, 5) is 22.0. The van der Waals surface area contributed by atoms with Crippen LogP contribution >= 0.6 is 0 Å². The van der Waals surface area contributed by atoms with E-state index in [0.29, 0.717) is 11.3 Å². The molecule has 0 aliphatic rings. The van der Waals surface area contributed by atoms with E-state index in [9.17, 15) is 9.59 Å². The lowest BCUT2D eigenvalue weighted by Gasteiger charge is -2.17. The second-order valence-corrected chi connectivity index (χ2v) is 3.83. The fourth-order valence-corrected chi connectivity index (χ4v) is 1.50. The first kappa shape index (κ1) is 15.6. The largest absolute Gasteiger partial charge is 0.493 e. The molecule has 0 fully saturated rings. The number of esters is 1. The Labute approximate surface area is 116 Å². The van der Waals surface area contributed by atoms with Gasteiger partial charge in [0.1, 0.15) is 0 Å². The van der Waals surface area contributed by atoms with Crippen molar-refractivity contribution in [2.24, 2.45) is 0 Å². The molecular formula is C14H16O6. The summed E-state index contributed by atoms with van der Waals surface area (Å²) in [5, 5.41) is 8.67. The van der Waals surface area contributed by atoms with E-state index in [1.54, 1.807) is 18.2 Å². The van der Waals surface area contributed by atoms with Crippen molar-refractivity contribution >= 4 is 18.0 Å². The number of rotatable bonds is 6. The smallest absolute Gasteiger partial charge is 0.346 e. The zero-order chi connectivity index (χ0) is 15.1. The van der Waals surface area contributed by atoms with Gasteiger partial charge >= 0.3 is 11.9 Å². The minimum absolute atomic E-state index is 0.283. The molecule has 0 amide bonds. The van der Waals surface area contributed by atoms with Crippen molar-refractivity contribution in [3.8, 4) is 11.5 Å². The molecule has 1 atom stereocenters. The van der Waals surface area contributed by atoms with Crippen molar-refractivity contribution in [2.45, 2.75) is 13.0 Å². The third kappa shape index (κ3) is 4.01. The van der Waals surface area contributed by atoms with Gasteiger partial charge in [0.2, 0.25) is 0 Å². The molecule has 6 heteroatoms. The molecule has 1 rings (SSSR count). The number of methoxy groups -OCH3 is 2. The number of carbonyl (C=O) groups is 2. The van der Waals surface area contributed by atoms with E-state index in [1.165, 1.54) is 27.2 Å². The number of para-hydroxylation sites is 1. The van der Waals surface area contributed by atoms with Crippen molar-refractivity contribution in [3.05, 3.63) is 29.8 Å². The van der Waals surface area contributed by atoms with Crippen LogP contribution in [0.3, 0.4) is 0 Å². The van der Waals surface area contributed by atoms with E-state index < -0.39 is 18.0 Å². The molecule has 108 valence electrons. The Kier molecular flexibility index (Phi) is 5.58. The highest BCUT2D eigenvalue weighted by Crippen LogP contribution is 2.33. The van der Waals surface area contributed by atoms with Gasteiger partial charge in [-0.05, 0) is 19.1 Å². The second kappa shape index (κ2) is 7.18. The van der Waals surface area contributed by atoms with Crippen molar-refractivity contribution in [2.75, 3.05) is 14.2 Å². The van der Waals surface area contributed by atoms with E-state index in [0.717, 1.165) is 6.08 Å². The molecule has 0 aliphatic carbocycles. The number of hydrogen-bond donors (Lipinski definition) is 1. The van der Waals surface area contributed by atoms with Crippen LogP contribution < -0.4 is 9.47 Å². The summed E-state index contributed by atoms with van der Waals surface area (Å²) < 4.78 is 15.2. The molecule has 1 unspecified atom stereocenters. The molecule has 6 nitrogen and oxygen atoms in total. The first-order valence-electron chi connectivity index (χ1n) is 5.82. The average Bonchev–Trinajstić information content (AvgIpc) is 2.44. The summed E-state index contributed by atoms with van der Waals surface area (Å²) in [5.74, 6) is -0.942. The monoisotopic (exact) mass is 280 g/mol. The van der Waals surface area contributed by atoms with Crippen LogP contribution in [0.1, 0.15) is 12.5 Å². The highest BCUT2D eigenvalue weighted by molar-refractivity contribution is 5.86. The van der Waals surface area contributed by atoms with Crippen LogP contribution in [0.5, 0.6) is 11.5 Å². The number of carboxylic acids is 1. The van der Waals surface area contributed by atoms with Gasteiger partial charge in [-0.2, -0.15) is 0 Å². The molecular weight excluding hydrogens is 264 g/mol. The van der Waals surface area contributed by atoms with Crippen LogP contribution in [0.2, 0.25) is 0 Å². The van der Waals surface area contributed by atoms with Crippen LogP contribution in [0.15, 0.2) is 24.3 Å². The number of hydrogen-bond acceptors (Lipinski definition) is 5. The number of aliphatic carboxylic acids is 1. The maximum absolute atomic E-state index is 11.4. The lowest BCUT2D eigenvalue weighted by Crippen LogP contribution is -2.25. The van der Waals surface area contributed by atoms with Gasteiger partial charge in [0, 0.05) is 11.6 Å². The van der Waals surface area contributed by atoms with Gasteiger partial charge < -0.3 is 19.3 Å². The van der Waals surface area contributed by atoms with Gasteiger partial charge in [-0.3, -0.25) is 0 Å². The first-order chi connectivity index (χ1) is 9.49. The van der Waals surface area contributed by atoms with Crippen molar-refractivity contribution in [3.63, 3.8) is 0 Å². The molecule has 0 aliphatic heterocycles. The van der Waals surface area contributed by atoms with Crippen LogP contribution in [-0.2, 0) is 14.3 Å². The molecule has 0 radical (unpaired) electrons. The standard InChI is InChI=1S/C14H16O6/c1-9(14(17)19-3)20-13-10(7-8-12(15)16)5-4-6-11(13)18-2/h4-9H,1-3H3,(H,15,16). The van der Waals surface area contributed by atoms with E-state index in [1.807, 2.05) is 0 Å². The van der Waals surface area contributed by atoms with Crippen molar-refractivity contribution in [1.29, 1.82) is 0 Å². The molecule has 0 saturated carbocycles. The first-order valence-corrected chi connectivity index (χ1v) is 5.82. The third-order valence-electron chi connectivity index (χ3n) is 2.46. The highest BCUT2D eigenvalue weighted by Gasteiger charge is 2.19. The minimum Gasteiger partial charge on any atom is -0.493 e. The molecule has 0 saturated heterocycles. The van der Waals surface area contributed by atoms with Crippen LogP contribution in [0, 0.1) is 0 Å². The van der Waals surface area contributed by atoms with Crippen LogP contribution in [0.4, 0.5) is 0 Å². The van der Waals surface area contributed by atoms with E-state index in [4.69, 9.17) is 14.6 Å². The molecule has 0 bridgehead atoms. The van der Waals surface area contributed by atoms with Gasteiger partial charge in [0.15, 0.2) is 17.6 Å². The topological polar surface area (TPSA) is 82.1 Å². The predicted octanol–water partition coefficient (Wildman–Crippen LogP) is 1.73. The molecule has 0 aromatic heterocycles. The van der Waals surface area contributed by atoms with Crippen LogP contribution in [-0.4, -0.2) is 37.4 Å². The summed E-state index contributed by atoms with van der Waals surface area (Å²) in [6, 6.07) is 4.99. The Morgan fingerprint density at radius 3 is 2.55 bits per heavy atom. The van der Waals surface area contributed by atoms with Crippen molar-refractivity contribution in [1.82, 2.24) is 0 Å². The Bertz CT molecular complexity index is 520. The predicted molar refractivity (Wildman–Crippen MR) is 71.8 cm³/mol. The zero-order valence-corrected chi connectivity index (χ0v) is 11.5. The Balaban J connectivity index is 3.13. The lowest BCUT2D eigenvalue weighted by molar-refractivity contribution is -0.148. The molecule has 1 N–H and O–H groups in total. The van der Waals surface area contributed by atoms with Crippen LogP contribution in [0.25, 0.3) is 6.08 Å². The maximum Gasteiger partial charge on any atom is 0.346 e. The maximum atomic E-state index is 11.4. The lowest BCUT2D eigenvalue weighted by atomic mass is 10.1. The fourth-order valence-electron chi connectivity index (χ4n) is 1.50. The fraction of sp³-hybridized carbons (Fsp3) is 0.286.